The fraction of sp³-hybridized carbons (Fsp3) is 0. The molecule has 0 amide bonds. The molecule has 9 rings (SSSR count). The van der Waals surface area contributed by atoms with Gasteiger partial charge in [0.25, 0.3) is 0 Å². The number of fused-ring (bicyclic) bond motifs is 4. The zero-order valence-corrected chi connectivity index (χ0v) is 26.2. The zero-order chi connectivity index (χ0) is 31.2. The molecular formula is C43H28N2OS. The molecule has 0 aliphatic rings. The summed E-state index contributed by atoms with van der Waals surface area (Å²) in [6, 6.07) is 59.8. The minimum absolute atomic E-state index is 0.838. The van der Waals surface area contributed by atoms with E-state index in [0.717, 1.165) is 55.1 Å². The first kappa shape index (κ1) is 27.3. The Hall–Kier alpha value is -5.97. The summed E-state index contributed by atoms with van der Waals surface area (Å²) < 4.78 is 7.72. The summed E-state index contributed by atoms with van der Waals surface area (Å²) in [5.74, 6) is 0. The normalized spacial score (nSPS) is 11.4. The van der Waals surface area contributed by atoms with Gasteiger partial charge in [0.05, 0.1) is 21.3 Å². The molecule has 0 spiro atoms. The Balaban J connectivity index is 1.28. The van der Waals surface area contributed by atoms with Crippen LogP contribution < -0.4 is 4.90 Å². The van der Waals surface area contributed by atoms with Crippen LogP contribution in [0, 0.1) is 0 Å². The third kappa shape index (κ3) is 4.96. The van der Waals surface area contributed by atoms with Crippen molar-refractivity contribution in [3.8, 4) is 32.8 Å². The van der Waals surface area contributed by atoms with Crippen molar-refractivity contribution in [2.45, 2.75) is 0 Å². The van der Waals surface area contributed by atoms with Gasteiger partial charge in [-0.25, -0.2) is 4.98 Å². The number of benzene rings is 7. The summed E-state index contributed by atoms with van der Waals surface area (Å²) in [4.78, 5) is 7.39. The van der Waals surface area contributed by atoms with E-state index in [1.165, 1.54) is 27.0 Å². The van der Waals surface area contributed by atoms with E-state index in [4.69, 9.17) is 9.40 Å². The highest BCUT2D eigenvalue weighted by Gasteiger charge is 2.22. The number of nitrogens with zero attached hydrogens (tertiary/aromatic N) is 2. The Labute approximate surface area is 276 Å². The van der Waals surface area contributed by atoms with Crippen molar-refractivity contribution in [2.24, 2.45) is 0 Å². The highest BCUT2D eigenvalue weighted by molar-refractivity contribution is 7.21. The third-order valence-corrected chi connectivity index (χ3v) is 9.79. The van der Waals surface area contributed by atoms with Crippen LogP contribution in [0.3, 0.4) is 0 Å². The molecule has 0 saturated carbocycles. The standard InChI is InChI=1S/C43H28N2OS/c1-3-11-29(12-4-1)31-19-23-34(24-20-31)45(35-25-21-32(22-26-35)30-13-5-2-6-14-30)38-27-33(43-44-37-16-8-10-18-41(37)47-43)28-40-42(38)36-15-7-9-17-39(36)46-40/h1-28H. The monoisotopic (exact) mass is 620 g/mol. The number of hydrogen-bond donors (Lipinski definition) is 0. The maximum atomic E-state index is 6.56. The molecule has 0 fully saturated rings. The van der Waals surface area contributed by atoms with E-state index in [1.54, 1.807) is 11.3 Å². The highest BCUT2D eigenvalue weighted by Crippen LogP contribution is 2.46. The summed E-state index contributed by atoms with van der Waals surface area (Å²) in [6.45, 7) is 0. The van der Waals surface area contributed by atoms with Crippen LogP contribution in [-0.4, -0.2) is 4.98 Å². The van der Waals surface area contributed by atoms with Gasteiger partial charge in [0.1, 0.15) is 16.2 Å². The molecular weight excluding hydrogens is 593 g/mol. The third-order valence-electron chi connectivity index (χ3n) is 8.70. The first-order chi connectivity index (χ1) is 23.3. The smallest absolute Gasteiger partial charge is 0.138 e. The van der Waals surface area contributed by atoms with Gasteiger partial charge in [0.2, 0.25) is 0 Å². The average Bonchev–Trinajstić information content (AvgIpc) is 3.75. The van der Waals surface area contributed by atoms with Crippen molar-refractivity contribution in [1.29, 1.82) is 0 Å². The Kier molecular flexibility index (Phi) is 6.65. The van der Waals surface area contributed by atoms with Gasteiger partial charge in [-0.2, -0.15) is 0 Å². The van der Waals surface area contributed by atoms with E-state index in [9.17, 15) is 0 Å². The number of hydrogen-bond acceptors (Lipinski definition) is 4. The van der Waals surface area contributed by atoms with Gasteiger partial charge in [-0.3, -0.25) is 0 Å². The van der Waals surface area contributed by atoms with E-state index in [0.29, 0.717) is 0 Å². The summed E-state index contributed by atoms with van der Waals surface area (Å²) >= 11 is 1.71. The molecule has 0 aliphatic heterocycles. The van der Waals surface area contributed by atoms with Crippen molar-refractivity contribution in [3.63, 3.8) is 0 Å². The van der Waals surface area contributed by atoms with Gasteiger partial charge in [0, 0.05) is 22.3 Å². The quantitative estimate of drug-likeness (QED) is 0.185. The lowest BCUT2D eigenvalue weighted by molar-refractivity contribution is 0.669. The maximum Gasteiger partial charge on any atom is 0.138 e. The Morgan fingerprint density at radius 3 is 1.66 bits per heavy atom. The van der Waals surface area contributed by atoms with Gasteiger partial charge in [-0.1, -0.05) is 115 Å². The number of rotatable bonds is 6. The molecule has 3 nitrogen and oxygen atoms in total. The van der Waals surface area contributed by atoms with Crippen LogP contribution in [0.15, 0.2) is 174 Å². The minimum Gasteiger partial charge on any atom is -0.456 e. The largest absolute Gasteiger partial charge is 0.456 e. The van der Waals surface area contributed by atoms with E-state index in [1.807, 2.05) is 18.2 Å². The minimum atomic E-state index is 0.838. The SMILES string of the molecule is c1ccc(-c2ccc(N(c3ccc(-c4ccccc4)cc3)c3cc(-c4nc5ccccc5s4)cc4oc5ccccc5c34)cc2)cc1. The zero-order valence-electron chi connectivity index (χ0n) is 25.4. The first-order valence-electron chi connectivity index (χ1n) is 15.7. The summed E-state index contributed by atoms with van der Waals surface area (Å²) in [5.41, 5.74) is 11.6. The molecule has 4 heteroatoms. The van der Waals surface area contributed by atoms with Gasteiger partial charge in [-0.15, -0.1) is 11.3 Å². The number of para-hydroxylation sites is 2. The van der Waals surface area contributed by atoms with Crippen LogP contribution in [0.5, 0.6) is 0 Å². The lowest BCUT2D eigenvalue weighted by atomic mass is 10.0. The Morgan fingerprint density at radius 1 is 0.468 bits per heavy atom. The van der Waals surface area contributed by atoms with E-state index < -0.39 is 0 Å². The predicted octanol–water partition coefficient (Wildman–Crippen LogP) is 12.7. The fourth-order valence-electron chi connectivity index (χ4n) is 6.42. The second-order valence-corrected chi connectivity index (χ2v) is 12.6. The molecule has 0 unspecified atom stereocenters. The molecule has 2 heterocycles. The lowest BCUT2D eigenvalue weighted by Gasteiger charge is -2.27. The first-order valence-corrected chi connectivity index (χ1v) is 16.5. The second kappa shape index (κ2) is 11.4. The Bertz CT molecular complexity index is 2380. The van der Waals surface area contributed by atoms with Gasteiger partial charge < -0.3 is 9.32 Å². The van der Waals surface area contributed by atoms with E-state index in [2.05, 4.69) is 157 Å². The van der Waals surface area contributed by atoms with Crippen molar-refractivity contribution < 1.29 is 4.42 Å². The Morgan fingerprint density at radius 2 is 1.02 bits per heavy atom. The maximum absolute atomic E-state index is 6.56. The number of furan rings is 1. The van der Waals surface area contributed by atoms with Crippen LogP contribution >= 0.6 is 11.3 Å². The molecule has 9 aromatic rings. The molecule has 0 aliphatic carbocycles. The van der Waals surface area contributed by atoms with Gasteiger partial charge in [0.15, 0.2) is 0 Å². The molecule has 2 aromatic heterocycles. The van der Waals surface area contributed by atoms with Crippen molar-refractivity contribution in [1.82, 2.24) is 4.98 Å². The van der Waals surface area contributed by atoms with Crippen LogP contribution in [0.4, 0.5) is 17.1 Å². The molecule has 7 aromatic carbocycles. The van der Waals surface area contributed by atoms with Crippen molar-refractivity contribution in [3.05, 3.63) is 170 Å². The van der Waals surface area contributed by atoms with Crippen LogP contribution in [0.1, 0.15) is 0 Å². The van der Waals surface area contributed by atoms with Gasteiger partial charge >= 0.3 is 0 Å². The van der Waals surface area contributed by atoms with Crippen LogP contribution in [0.2, 0.25) is 0 Å². The number of aromatic nitrogens is 1. The molecule has 0 atom stereocenters. The van der Waals surface area contributed by atoms with E-state index in [-0.39, 0.29) is 0 Å². The van der Waals surface area contributed by atoms with Crippen molar-refractivity contribution in [2.75, 3.05) is 4.90 Å². The molecule has 0 bridgehead atoms. The fourth-order valence-corrected chi connectivity index (χ4v) is 7.38. The number of thiazole rings is 1. The lowest BCUT2D eigenvalue weighted by Crippen LogP contribution is -2.10. The second-order valence-electron chi connectivity index (χ2n) is 11.6. The van der Waals surface area contributed by atoms with Gasteiger partial charge in [-0.05, 0) is 76.9 Å². The summed E-state index contributed by atoms with van der Waals surface area (Å²) in [6.07, 6.45) is 0. The van der Waals surface area contributed by atoms with Crippen molar-refractivity contribution >= 4 is 60.6 Å². The van der Waals surface area contributed by atoms with E-state index >= 15 is 0 Å². The molecule has 47 heavy (non-hydrogen) atoms. The average molecular weight is 621 g/mol. The predicted molar refractivity (Wildman–Crippen MR) is 198 cm³/mol. The summed E-state index contributed by atoms with van der Waals surface area (Å²) in [7, 11) is 0. The molecule has 0 radical (unpaired) electrons. The topological polar surface area (TPSA) is 29.3 Å². The number of anilines is 3. The highest BCUT2D eigenvalue weighted by atomic mass is 32.1. The molecule has 0 saturated heterocycles. The summed E-state index contributed by atoms with van der Waals surface area (Å²) in [5, 5.41) is 3.12. The van der Waals surface area contributed by atoms with Crippen LogP contribution in [0.25, 0.3) is 65.0 Å². The molecule has 222 valence electrons. The molecule has 0 N–H and O–H groups in total. The van der Waals surface area contributed by atoms with Crippen LogP contribution in [-0.2, 0) is 0 Å².